The number of hydrogen-bond acceptors (Lipinski definition) is 3. The Bertz CT molecular complexity index is 578. The zero-order chi connectivity index (χ0) is 14.5. The van der Waals surface area contributed by atoms with Gasteiger partial charge >= 0.3 is 0 Å². The third kappa shape index (κ3) is 3.84. The molecule has 0 fully saturated rings. The van der Waals surface area contributed by atoms with Crippen LogP contribution in [0.3, 0.4) is 0 Å². The standard InChI is InChI=1S/C16H19NO2S/c1-12-6-7-14(9-13(12)2)19-11-16(18)17(3)10-15-5-4-8-20-15/h4-9H,10-11H2,1-3H3. The summed E-state index contributed by atoms with van der Waals surface area (Å²) in [6.45, 7) is 4.79. The van der Waals surface area contributed by atoms with Crippen molar-refractivity contribution in [3.05, 3.63) is 51.7 Å². The van der Waals surface area contributed by atoms with Gasteiger partial charge in [0.25, 0.3) is 5.91 Å². The molecule has 3 nitrogen and oxygen atoms in total. The molecule has 0 radical (unpaired) electrons. The van der Waals surface area contributed by atoms with Gasteiger partial charge in [-0.1, -0.05) is 12.1 Å². The Balaban J connectivity index is 1.86. The molecule has 106 valence electrons. The first kappa shape index (κ1) is 14.6. The van der Waals surface area contributed by atoms with Gasteiger partial charge in [0.2, 0.25) is 0 Å². The molecule has 0 saturated heterocycles. The van der Waals surface area contributed by atoms with Gasteiger partial charge in [-0.05, 0) is 48.6 Å². The Hall–Kier alpha value is -1.81. The van der Waals surface area contributed by atoms with Gasteiger partial charge in [0.1, 0.15) is 5.75 Å². The molecule has 1 aromatic carbocycles. The van der Waals surface area contributed by atoms with E-state index in [1.54, 1.807) is 23.3 Å². The fourth-order valence-corrected chi connectivity index (χ4v) is 2.54. The first-order valence-corrected chi connectivity index (χ1v) is 7.40. The van der Waals surface area contributed by atoms with Crippen molar-refractivity contribution in [1.82, 2.24) is 4.90 Å². The molecule has 20 heavy (non-hydrogen) atoms. The fourth-order valence-electron chi connectivity index (χ4n) is 1.78. The van der Waals surface area contributed by atoms with Gasteiger partial charge in [0.05, 0.1) is 6.54 Å². The van der Waals surface area contributed by atoms with E-state index in [0.29, 0.717) is 6.54 Å². The van der Waals surface area contributed by atoms with Crippen molar-refractivity contribution in [2.75, 3.05) is 13.7 Å². The monoisotopic (exact) mass is 289 g/mol. The number of rotatable bonds is 5. The van der Waals surface area contributed by atoms with Crippen LogP contribution in [0.2, 0.25) is 0 Å². The third-order valence-corrected chi connectivity index (χ3v) is 4.10. The Labute approximate surface area is 123 Å². The highest BCUT2D eigenvalue weighted by molar-refractivity contribution is 7.09. The number of carbonyl (C=O) groups is 1. The van der Waals surface area contributed by atoms with Gasteiger partial charge in [-0.15, -0.1) is 11.3 Å². The molecule has 0 bridgehead atoms. The maximum atomic E-state index is 12.0. The van der Waals surface area contributed by atoms with E-state index >= 15 is 0 Å². The van der Waals surface area contributed by atoms with Crippen molar-refractivity contribution in [2.24, 2.45) is 0 Å². The topological polar surface area (TPSA) is 29.5 Å². The highest BCUT2D eigenvalue weighted by Crippen LogP contribution is 2.16. The molecule has 0 atom stereocenters. The van der Waals surface area contributed by atoms with E-state index in [2.05, 4.69) is 6.92 Å². The molecule has 2 aromatic rings. The van der Waals surface area contributed by atoms with Crippen molar-refractivity contribution in [2.45, 2.75) is 20.4 Å². The minimum absolute atomic E-state index is 0.0170. The number of benzene rings is 1. The first-order chi connectivity index (χ1) is 9.56. The summed E-state index contributed by atoms with van der Waals surface area (Å²) in [4.78, 5) is 14.9. The molecular formula is C16H19NO2S. The predicted octanol–water partition coefficient (Wildman–Crippen LogP) is 3.40. The lowest BCUT2D eigenvalue weighted by Crippen LogP contribution is -2.30. The van der Waals surface area contributed by atoms with Gasteiger partial charge in [-0.25, -0.2) is 0 Å². The highest BCUT2D eigenvalue weighted by Gasteiger charge is 2.10. The zero-order valence-corrected chi connectivity index (χ0v) is 12.9. The molecule has 1 aromatic heterocycles. The average molecular weight is 289 g/mol. The van der Waals surface area contributed by atoms with Gasteiger partial charge in [0, 0.05) is 11.9 Å². The number of hydrogen-bond donors (Lipinski definition) is 0. The number of nitrogens with zero attached hydrogens (tertiary/aromatic N) is 1. The number of likely N-dealkylation sites (N-methyl/N-ethyl adjacent to an activating group) is 1. The molecule has 0 spiro atoms. The summed E-state index contributed by atoms with van der Waals surface area (Å²) in [7, 11) is 1.80. The summed E-state index contributed by atoms with van der Waals surface area (Å²) in [6, 6.07) is 9.88. The lowest BCUT2D eigenvalue weighted by atomic mass is 10.1. The molecular weight excluding hydrogens is 270 g/mol. The Kier molecular flexibility index (Phi) is 4.79. The van der Waals surface area contributed by atoms with Crippen LogP contribution in [0.1, 0.15) is 16.0 Å². The van der Waals surface area contributed by atoms with Crippen molar-refractivity contribution >= 4 is 17.2 Å². The summed E-state index contributed by atoms with van der Waals surface area (Å²) in [6.07, 6.45) is 0. The first-order valence-electron chi connectivity index (χ1n) is 6.52. The van der Waals surface area contributed by atoms with E-state index in [0.717, 1.165) is 5.75 Å². The van der Waals surface area contributed by atoms with Crippen molar-refractivity contribution in [3.63, 3.8) is 0 Å². The van der Waals surface area contributed by atoms with Gasteiger partial charge in [-0.2, -0.15) is 0 Å². The summed E-state index contributed by atoms with van der Waals surface area (Å²) in [5.41, 5.74) is 2.39. The SMILES string of the molecule is Cc1ccc(OCC(=O)N(C)Cc2cccs2)cc1C. The number of amides is 1. The maximum absolute atomic E-state index is 12.0. The Morgan fingerprint density at radius 1 is 1.25 bits per heavy atom. The molecule has 0 saturated carbocycles. The number of thiophene rings is 1. The summed E-state index contributed by atoms with van der Waals surface area (Å²) >= 11 is 1.65. The minimum atomic E-state index is -0.0170. The molecule has 0 unspecified atom stereocenters. The number of aryl methyl sites for hydroxylation is 2. The molecule has 0 aliphatic heterocycles. The van der Waals surface area contributed by atoms with Crippen LogP contribution in [-0.2, 0) is 11.3 Å². The molecule has 1 amide bonds. The summed E-state index contributed by atoms with van der Waals surface area (Å²) < 4.78 is 5.56. The second-order valence-electron chi connectivity index (χ2n) is 4.86. The molecule has 2 rings (SSSR count). The van der Waals surface area contributed by atoms with Crippen LogP contribution in [0, 0.1) is 13.8 Å². The molecule has 0 aliphatic carbocycles. The minimum Gasteiger partial charge on any atom is -0.484 e. The summed E-state index contributed by atoms with van der Waals surface area (Å²) in [5.74, 6) is 0.725. The quantitative estimate of drug-likeness (QED) is 0.844. The van der Waals surface area contributed by atoms with Crippen LogP contribution in [0.25, 0.3) is 0 Å². The smallest absolute Gasteiger partial charge is 0.260 e. The van der Waals surface area contributed by atoms with E-state index in [-0.39, 0.29) is 12.5 Å². The van der Waals surface area contributed by atoms with E-state index in [4.69, 9.17) is 4.74 Å². The van der Waals surface area contributed by atoms with E-state index in [1.807, 2.05) is 42.6 Å². The zero-order valence-electron chi connectivity index (χ0n) is 12.1. The van der Waals surface area contributed by atoms with E-state index < -0.39 is 0 Å². The van der Waals surface area contributed by atoms with Gasteiger partial charge < -0.3 is 9.64 Å². The van der Waals surface area contributed by atoms with Gasteiger partial charge in [-0.3, -0.25) is 4.79 Å². The van der Waals surface area contributed by atoms with Crippen LogP contribution >= 0.6 is 11.3 Å². The molecule has 0 N–H and O–H groups in total. The Morgan fingerprint density at radius 3 is 2.70 bits per heavy atom. The van der Waals surface area contributed by atoms with E-state index in [9.17, 15) is 4.79 Å². The lowest BCUT2D eigenvalue weighted by Gasteiger charge is -2.16. The average Bonchev–Trinajstić information content (AvgIpc) is 2.92. The molecule has 4 heteroatoms. The van der Waals surface area contributed by atoms with Crippen LogP contribution in [0.5, 0.6) is 5.75 Å². The predicted molar refractivity (Wildman–Crippen MR) is 82.2 cm³/mol. The van der Waals surface area contributed by atoms with Crippen molar-refractivity contribution in [3.8, 4) is 5.75 Å². The van der Waals surface area contributed by atoms with Gasteiger partial charge in [0.15, 0.2) is 6.61 Å². The molecule has 0 aliphatic rings. The second-order valence-corrected chi connectivity index (χ2v) is 5.90. The lowest BCUT2D eigenvalue weighted by molar-refractivity contribution is -0.132. The van der Waals surface area contributed by atoms with Crippen molar-refractivity contribution < 1.29 is 9.53 Å². The largest absolute Gasteiger partial charge is 0.484 e. The number of carbonyl (C=O) groups excluding carboxylic acids is 1. The van der Waals surface area contributed by atoms with Crippen LogP contribution in [0.15, 0.2) is 35.7 Å². The van der Waals surface area contributed by atoms with Crippen LogP contribution in [0.4, 0.5) is 0 Å². The fraction of sp³-hybridized carbons (Fsp3) is 0.312. The molecule has 1 heterocycles. The normalized spacial score (nSPS) is 10.3. The van der Waals surface area contributed by atoms with Crippen molar-refractivity contribution in [1.29, 1.82) is 0 Å². The van der Waals surface area contributed by atoms with E-state index in [1.165, 1.54) is 16.0 Å². The third-order valence-electron chi connectivity index (χ3n) is 3.24. The summed E-state index contributed by atoms with van der Waals surface area (Å²) in [5, 5.41) is 2.01. The Morgan fingerprint density at radius 2 is 2.05 bits per heavy atom. The maximum Gasteiger partial charge on any atom is 0.260 e. The second kappa shape index (κ2) is 6.57. The van der Waals surface area contributed by atoms with Crippen LogP contribution < -0.4 is 4.74 Å². The highest BCUT2D eigenvalue weighted by atomic mass is 32.1. The van der Waals surface area contributed by atoms with Crippen LogP contribution in [-0.4, -0.2) is 24.5 Å². The number of ether oxygens (including phenoxy) is 1.